The molecule has 1 unspecified atom stereocenters. The Balaban J connectivity index is 0. The van der Waals surface area contributed by atoms with Crippen LogP contribution in [0.2, 0.25) is 11.3 Å². The molecule has 6 N–H and O–H groups in total. The summed E-state index contributed by atoms with van der Waals surface area (Å²) in [6.45, 7) is 18.8. The van der Waals surface area contributed by atoms with Gasteiger partial charge in [0, 0.05) is 53.8 Å². The SMILES string of the molecule is C=C.CC.CCCN=Cc1cc(C)ccc1N.CC[B]c1c(C)cc(C(CO)CNC=O)nc1-c1cc(Cl)c(F)cc1F.NC=O. The average molecular weight is 659 g/mol. The maximum Gasteiger partial charge on any atom is 0.207 e. The minimum Gasteiger partial charge on any atom is -0.398 e. The van der Waals surface area contributed by atoms with Gasteiger partial charge in [-0.3, -0.25) is 19.6 Å². The number of carbonyl (C=O) groups excluding carboxylic acids is 2. The molecule has 12 heteroatoms. The van der Waals surface area contributed by atoms with E-state index in [0.717, 1.165) is 41.3 Å². The number of aryl methyl sites for hydroxylation is 2. The van der Waals surface area contributed by atoms with Gasteiger partial charge in [-0.15, -0.1) is 13.2 Å². The summed E-state index contributed by atoms with van der Waals surface area (Å²) in [5.41, 5.74) is 15.4. The van der Waals surface area contributed by atoms with Crippen molar-refractivity contribution in [3.05, 3.63) is 88.6 Å². The summed E-state index contributed by atoms with van der Waals surface area (Å²) in [4.78, 5) is 27.9. The van der Waals surface area contributed by atoms with Gasteiger partial charge in [-0.1, -0.05) is 68.3 Å². The van der Waals surface area contributed by atoms with Crippen LogP contribution in [0, 0.1) is 25.5 Å². The van der Waals surface area contributed by atoms with E-state index in [4.69, 9.17) is 22.1 Å². The molecule has 2 amide bonds. The quantitative estimate of drug-likeness (QED) is 0.0506. The summed E-state index contributed by atoms with van der Waals surface area (Å²) < 4.78 is 28.0. The average Bonchev–Trinajstić information content (AvgIpc) is 3.05. The van der Waals surface area contributed by atoms with E-state index in [2.05, 4.69) is 54.1 Å². The number of nitrogens with two attached hydrogens (primary N) is 2. The first-order chi connectivity index (χ1) is 22.1. The number of nitrogens with one attached hydrogen (secondary N) is 1. The van der Waals surface area contributed by atoms with E-state index in [-0.39, 0.29) is 30.1 Å². The second-order valence-corrected chi connectivity index (χ2v) is 9.60. The van der Waals surface area contributed by atoms with E-state index in [9.17, 15) is 18.7 Å². The normalized spacial score (nSPS) is 10.3. The predicted molar refractivity (Wildman–Crippen MR) is 190 cm³/mol. The van der Waals surface area contributed by atoms with Crippen LogP contribution in [-0.2, 0) is 9.59 Å². The number of aliphatic hydroxyl groups is 1. The van der Waals surface area contributed by atoms with Gasteiger partial charge in [0.2, 0.25) is 12.8 Å². The largest absolute Gasteiger partial charge is 0.398 e. The van der Waals surface area contributed by atoms with E-state index < -0.39 is 17.6 Å². The molecule has 2 aromatic carbocycles. The molecule has 0 fully saturated rings. The van der Waals surface area contributed by atoms with E-state index in [1.807, 2.05) is 53.3 Å². The molecule has 3 rings (SSSR count). The number of carbonyl (C=O) groups is 2. The molecule has 0 saturated carbocycles. The summed E-state index contributed by atoms with van der Waals surface area (Å²) in [5.74, 6) is -2.06. The molecule has 1 radical (unpaired) electrons. The maximum atomic E-state index is 14.4. The summed E-state index contributed by atoms with van der Waals surface area (Å²) in [5, 5.41) is 11.9. The first kappa shape index (κ1) is 44.0. The monoisotopic (exact) mass is 658 g/mol. The Kier molecular flexibility index (Phi) is 25.0. The lowest BCUT2D eigenvalue weighted by atomic mass is 9.64. The Hall–Kier alpha value is -4.09. The Morgan fingerprint density at radius 1 is 1.11 bits per heavy atom. The number of rotatable bonds is 11. The van der Waals surface area contributed by atoms with Gasteiger partial charge in [-0.2, -0.15) is 0 Å². The zero-order chi connectivity index (χ0) is 35.7. The van der Waals surface area contributed by atoms with Crippen molar-refractivity contribution >= 4 is 49.1 Å². The minimum absolute atomic E-state index is 0.0843. The van der Waals surface area contributed by atoms with Crippen LogP contribution in [0.25, 0.3) is 11.3 Å². The first-order valence-electron chi connectivity index (χ1n) is 14.9. The second kappa shape index (κ2) is 26.2. The molecule has 0 bridgehead atoms. The van der Waals surface area contributed by atoms with Crippen LogP contribution in [0.5, 0.6) is 0 Å². The van der Waals surface area contributed by atoms with Crippen LogP contribution in [0.15, 0.2) is 54.5 Å². The fourth-order valence-electron chi connectivity index (χ4n) is 3.84. The van der Waals surface area contributed by atoms with Crippen molar-refractivity contribution in [1.82, 2.24) is 10.3 Å². The molecule has 3 aromatic rings. The number of anilines is 1. The van der Waals surface area contributed by atoms with Crippen LogP contribution < -0.4 is 22.2 Å². The number of nitrogen functional groups attached to an aromatic ring is 1. The topological polar surface area (TPSA) is 144 Å². The van der Waals surface area contributed by atoms with E-state index in [0.29, 0.717) is 24.1 Å². The number of aliphatic hydroxyl groups excluding tert-OH is 1. The van der Waals surface area contributed by atoms with Crippen LogP contribution >= 0.6 is 11.6 Å². The van der Waals surface area contributed by atoms with Crippen molar-refractivity contribution in [3.8, 4) is 11.3 Å². The third kappa shape index (κ3) is 15.3. The van der Waals surface area contributed by atoms with Crippen LogP contribution in [0.1, 0.15) is 62.4 Å². The predicted octanol–water partition coefficient (Wildman–Crippen LogP) is 5.91. The van der Waals surface area contributed by atoms with Gasteiger partial charge in [0.25, 0.3) is 0 Å². The number of pyridine rings is 1. The van der Waals surface area contributed by atoms with Gasteiger partial charge < -0.3 is 21.9 Å². The number of primary amides is 1. The van der Waals surface area contributed by atoms with E-state index in [1.165, 1.54) is 11.6 Å². The van der Waals surface area contributed by atoms with Crippen molar-refractivity contribution in [2.24, 2.45) is 10.7 Å². The summed E-state index contributed by atoms with van der Waals surface area (Å²) in [7, 11) is 1.90. The molecule has 1 aromatic heterocycles. The second-order valence-electron chi connectivity index (χ2n) is 9.19. The summed E-state index contributed by atoms with van der Waals surface area (Å²) >= 11 is 5.83. The lowest BCUT2D eigenvalue weighted by Crippen LogP contribution is -2.27. The van der Waals surface area contributed by atoms with Crippen molar-refractivity contribution in [2.45, 2.75) is 60.2 Å². The Bertz CT molecular complexity index is 1360. The molecule has 8 nitrogen and oxygen atoms in total. The maximum absolute atomic E-state index is 14.4. The van der Waals surface area contributed by atoms with Gasteiger partial charge in [0.1, 0.15) is 11.6 Å². The highest BCUT2D eigenvalue weighted by atomic mass is 35.5. The highest BCUT2D eigenvalue weighted by Gasteiger charge is 2.20. The van der Waals surface area contributed by atoms with Crippen molar-refractivity contribution < 1.29 is 23.5 Å². The number of benzene rings is 2. The zero-order valence-corrected chi connectivity index (χ0v) is 28.5. The molecule has 46 heavy (non-hydrogen) atoms. The number of amides is 2. The molecule has 0 aliphatic heterocycles. The van der Waals surface area contributed by atoms with E-state index >= 15 is 0 Å². The van der Waals surface area contributed by atoms with Crippen LogP contribution in [-0.4, -0.2) is 56.1 Å². The molecule has 0 spiro atoms. The van der Waals surface area contributed by atoms with Crippen LogP contribution in [0.4, 0.5) is 14.5 Å². The molecule has 251 valence electrons. The number of aliphatic imine (C=N–C) groups is 1. The molecule has 0 aliphatic rings. The summed E-state index contributed by atoms with van der Waals surface area (Å²) in [6, 6.07) is 9.71. The number of hydrogen-bond donors (Lipinski definition) is 4. The fourth-order valence-corrected chi connectivity index (χ4v) is 4.00. The molecule has 0 saturated heterocycles. The molecule has 0 aliphatic carbocycles. The van der Waals surface area contributed by atoms with Gasteiger partial charge in [0.05, 0.1) is 17.3 Å². The number of hydrogen-bond acceptors (Lipinski definition) is 6. The fraction of sp³-hybridized carbons (Fsp3) is 0.353. The van der Waals surface area contributed by atoms with Crippen molar-refractivity contribution in [3.63, 3.8) is 0 Å². The standard InChI is InChI=1S/C18H19BClF2N2O2.C11H16N2.C2H6.C2H4.CH3NO/c1-3-19-17-10(2)4-16(11(8-25)7-23-9-26)24-18(17)12-5-13(20)15(22)6-14(12)21;1-3-6-13-8-10-7-9(2)4-5-11(10)12;2*1-2;2-1-3/h4-6,9,11,25H,3,7-8H2,1-2H3,(H,23,26);4-5,7-8H,3,6,12H2,1-2H3;1-2H3;1-2H2;1H,(H2,2,3). The third-order valence-corrected chi connectivity index (χ3v) is 6.16. The summed E-state index contributed by atoms with van der Waals surface area (Å²) in [6.07, 6.45) is 4.41. The molecule has 1 atom stereocenters. The zero-order valence-electron chi connectivity index (χ0n) is 27.7. The van der Waals surface area contributed by atoms with Crippen LogP contribution in [0.3, 0.4) is 0 Å². The lowest BCUT2D eigenvalue weighted by molar-refractivity contribution is -0.109. The molecule has 1 heterocycles. The third-order valence-electron chi connectivity index (χ3n) is 5.87. The number of nitrogens with zero attached hydrogens (tertiary/aromatic N) is 2. The molecular weight excluding hydrogens is 611 g/mol. The number of halogens is 3. The molecular formula is C34H48BClF2N5O3. The smallest absolute Gasteiger partial charge is 0.207 e. The van der Waals surface area contributed by atoms with Gasteiger partial charge in [0.15, 0.2) is 7.28 Å². The van der Waals surface area contributed by atoms with E-state index in [1.54, 1.807) is 6.07 Å². The first-order valence-corrected chi connectivity index (χ1v) is 15.2. The van der Waals surface area contributed by atoms with Crippen molar-refractivity contribution in [2.75, 3.05) is 25.4 Å². The highest BCUT2D eigenvalue weighted by Crippen LogP contribution is 2.28. The number of aromatic nitrogens is 1. The Labute approximate surface area is 278 Å². The van der Waals surface area contributed by atoms with Crippen molar-refractivity contribution in [1.29, 1.82) is 0 Å². The Morgan fingerprint density at radius 3 is 2.28 bits per heavy atom. The van der Waals surface area contributed by atoms with Gasteiger partial charge in [-0.05, 0) is 44.5 Å². The Morgan fingerprint density at radius 2 is 1.74 bits per heavy atom. The minimum atomic E-state index is -0.842. The van der Waals surface area contributed by atoms with Gasteiger partial charge in [-0.25, -0.2) is 8.78 Å². The highest BCUT2D eigenvalue weighted by molar-refractivity contribution is 6.55. The lowest BCUT2D eigenvalue weighted by Gasteiger charge is -2.19. The van der Waals surface area contributed by atoms with Gasteiger partial charge >= 0.3 is 0 Å².